The lowest BCUT2D eigenvalue weighted by atomic mass is 9.80. The van der Waals surface area contributed by atoms with E-state index >= 15 is 0 Å². The van der Waals surface area contributed by atoms with Gasteiger partial charge in [-0.25, -0.2) is 0 Å². The SMILES string of the molecule is NC(=NCC1(O)CCC1)NC1CCCC1. The third kappa shape index (κ3) is 2.84. The zero-order chi connectivity index (χ0) is 10.7. The fraction of sp³-hybridized carbons (Fsp3) is 0.909. The molecule has 0 aliphatic heterocycles. The zero-order valence-corrected chi connectivity index (χ0v) is 9.21. The Balaban J connectivity index is 1.74. The molecule has 86 valence electrons. The van der Waals surface area contributed by atoms with E-state index < -0.39 is 5.60 Å². The summed E-state index contributed by atoms with van der Waals surface area (Å²) in [5, 5.41) is 13.0. The average molecular weight is 211 g/mol. The van der Waals surface area contributed by atoms with Crippen molar-refractivity contribution in [2.45, 2.75) is 56.6 Å². The van der Waals surface area contributed by atoms with Crippen LogP contribution in [0.15, 0.2) is 4.99 Å². The highest BCUT2D eigenvalue weighted by Crippen LogP contribution is 2.31. The van der Waals surface area contributed by atoms with E-state index in [0.29, 0.717) is 18.5 Å². The Morgan fingerprint density at radius 2 is 2.00 bits per heavy atom. The summed E-state index contributed by atoms with van der Waals surface area (Å²) in [6.45, 7) is 0.457. The van der Waals surface area contributed by atoms with E-state index in [9.17, 15) is 5.11 Å². The summed E-state index contributed by atoms with van der Waals surface area (Å²) in [5.41, 5.74) is 5.21. The van der Waals surface area contributed by atoms with Crippen molar-refractivity contribution in [3.8, 4) is 0 Å². The molecule has 4 N–H and O–H groups in total. The average Bonchev–Trinajstić information content (AvgIpc) is 2.64. The van der Waals surface area contributed by atoms with Crippen LogP contribution in [0.1, 0.15) is 44.9 Å². The van der Waals surface area contributed by atoms with E-state index in [2.05, 4.69) is 10.3 Å². The van der Waals surface area contributed by atoms with Crippen LogP contribution in [0.4, 0.5) is 0 Å². The largest absolute Gasteiger partial charge is 0.388 e. The standard InChI is InChI=1S/C11H21N3O/c12-10(14-9-4-1-2-5-9)13-8-11(15)6-3-7-11/h9,15H,1-8H2,(H3,12,13,14). The van der Waals surface area contributed by atoms with Gasteiger partial charge < -0.3 is 16.2 Å². The Bertz CT molecular complexity index is 242. The third-order valence-electron chi connectivity index (χ3n) is 3.54. The summed E-state index contributed by atoms with van der Waals surface area (Å²) >= 11 is 0. The number of hydrogen-bond donors (Lipinski definition) is 3. The van der Waals surface area contributed by atoms with Gasteiger partial charge in [-0.05, 0) is 32.1 Å². The molecule has 4 nitrogen and oxygen atoms in total. The molecule has 0 radical (unpaired) electrons. The van der Waals surface area contributed by atoms with Crippen molar-refractivity contribution >= 4 is 5.96 Å². The molecule has 2 aliphatic rings. The first-order valence-corrected chi connectivity index (χ1v) is 5.97. The summed E-state index contributed by atoms with van der Waals surface area (Å²) in [7, 11) is 0. The van der Waals surface area contributed by atoms with Gasteiger partial charge in [0.25, 0.3) is 0 Å². The van der Waals surface area contributed by atoms with Crippen molar-refractivity contribution in [3.05, 3.63) is 0 Å². The maximum absolute atomic E-state index is 9.83. The predicted molar refractivity (Wildman–Crippen MR) is 60.7 cm³/mol. The molecular formula is C11H21N3O. The zero-order valence-electron chi connectivity index (χ0n) is 9.21. The van der Waals surface area contributed by atoms with E-state index in [1.54, 1.807) is 0 Å². The van der Waals surface area contributed by atoms with Crippen LogP contribution in [0.3, 0.4) is 0 Å². The molecule has 2 saturated carbocycles. The lowest BCUT2D eigenvalue weighted by Crippen LogP contribution is -2.43. The molecule has 0 amide bonds. The number of nitrogens with one attached hydrogen (secondary N) is 1. The second-order valence-electron chi connectivity index (χ2n) is 4.91. The minimum absolute atomic E-state index is 0.457. The Labute approximate surface area is 91.0 Å². The summed E-state index contributed by atoms with van der Waals surface area (Å²) in [4.78, 5) is 4.21. The van der Waals surface area contributed by atoms with Crippen LogP contribution in [0.2, 0.25) is 0 Å². The number of guanidine groups is 1. The van der Waals surface area contributed by atoms with Crippen LogP contribution < -0.4 is 11.1 Å². The molecule has 0 aromatic rings. The highest BCUT2D eigenvalue weighted by atomic mass is 16.3. The van der Waals surface area contributed by atoms with E-state index in [-0.39, 0.29) is 0 Å². The quantitative estimate of drug-likeness (QED) is 0.476. The van der Waals surface area contributed by atoms with Crippen LogP contribution in [0.5, 0.6) is 0 Å². The molecule has 2 rings (SSSR count). The Morgan fingerprint density at radius 1 is 1.33 bits per heavy atom. The highest BCUT2D eigenvalue weighted by Gasteiger charge is 2.34. The van der Waals surface area contributed by atoms with Gasteiger partial charge in [-0.3, -0.25) is 4.99 Å². The Morgan fingerprint density at radius 3 is 2.53 bits per heavy atom. The van der Waals surface area contributed by atoms with Crippen molar-refractivity contribution in [1.29, 1.82) is 0 Å². The smallest absolute Gasteiger partial charge is 0.188 e. The number of rotatable bonds is 3. The van der Waals surface area contributed by atoms with E-state index in [4.69, 9.17) is 5.73 Å². The van der Waals surface area contributed by atoms with Gasteiger partial charge in [0.05, 0.1) is 12.1 Å². The van der Waals surface area contributed by atoms with E-state index in [0.717, 1.165) is 19.3 Å². The summed E-state index contributed by atoms with van der Waals surface area (Å²) in [6, 6.07) is 0.504. The van der Waals surface area contributed by atoms with Gasteiger partial charge in [-0.1, -0.05) is 12.8 Å². The molecule has 15 heavy (non-hydrogen) atoms. The van der Waals surface area contributed by atoms with Crippen molar-refractivity contribution in [2.24, 2.45) is 10.7 Å². The van der Waals surface area contributed by atoms with Crippen molar-refractivity contribution in [1.82, 2.24) is 5.32 Å². The molecule has 0 aromatic carbocycles. The van der Waals surface area contributed by atoms with Gasteiger partial charge in [0, 0.05) is 6.04 Å². The number of nitrogens with two attached hydrogens (primary N) is 1. The molecule has 0 atom stereocenters. The van der Waals surface area contributed by atoms with Crippen LogP contribution in [-0.2, 0) is 0 Å². The molecule has 0 heterocycles. The van der Waals surface area contributed by atoms with Crippen molar-refractivity contribution in [3.63, 3.8) is 0 Å². The second-order valence-corrected chi connectivity index (χ2v) is 4.91. The summed E-state index contributed by atoms with van der Waals surface area (Å²) < 4.78 is 0. The van der Waals surface area contributed by atoms with Crippen LogP contribution in [-0.4, -0.2) is 29.3 Å². The molecule has 0 aromatic heterocycles. The third-order valence-corrected chi connectivity index (χ3v) is 3.54. The van der Waals surface area contributed by atoms with Gasteiger partial charge in [0.2, 0.25) is 0 Å². The summed E-state index contributed by atoms with van der Waals surface area (Å²) in [5.74, 6) is 0.502. The predicted octanol–water partition coefficient (Wildman–Crippen LogP) is 0.748. The first-order valence-electron chi connectivity index (χ1n) is 5.97. The van der Waals surface area contributed by atoms with Crippen LogP contribution >= 0.6 is 0 Å². The monoisotopic (exact) mass is 211 g/mol. The number of hydrogen-bond acceptors (Lipinski definition) is 2. The van der Waals surface area contributed by atoms with Gasteiger partial charge >= 0.3 is 0 Å². The van der Waals surface area contributed by atoms with Gasteiger partial charge in [0.15, 0.2) is 5.96 Å². The van der Waals surface area contributed by atoms with Gasteiger partial charge in [0.1, 0.15) is 0 Å². The Kier molecular flexibility index (Phi) is 3.14. The first-order chi connectivity index (χ1) is 7.18. The molecule has 2 aliphatic carbocycles. The highest BCUT2D eigenvalue weighted by molar-refractivity contribution is 5.78. The lowest BCUT2D eigenvalue weighted by Gasteiger charge is -2.35. The lowest BCUT2D eigenvalue weighted by molar-refractivity contribution is -0.0235. The van der Waals surface area contributed by atoms with E-state index in [1.165, 1.54) is 25.7 Å². The second kappa shape index (κ2) is 4.39. The normalized spacial score (nSPS) is 26.3. The van der Waals surface area contributed by atoms with E-state index in [1.807, 2.05) is 0 Å². The Hall–Kier alpha value is -0.770. The topological polar surface area (TPSA) is 70.6 Å². The maximum Gasteiger partial charge on any atom is 0.188 e. The van der Waals surface area contributed by atoms with Crippen LogP contribution in [0, 0.1) is 0 Å². The van der Waals surface area contributed by atoms with Gasteiger partial charge in [-0.15, -0.1) is 0 Å². The number of nitrogens with zero attached hydrogens (tertiary/aromatic N) is 1. The minimum Gasteiger partial charge on any atom is -0.388 e. The van der Waals surface area contributed by atoms with Crippen LogP contribution in [0.25, 0.3) is 0 Å². The van der Waals surface area contributed by atoms with Crippen molar-refractivity contribution in [2.75, 3.05) is 6.54 Å². The van der Waals surface area contributed by atoms with Gasteiger partial charge in [-0.2, -0.15) is 0 Å². The fourth-order valence-electron chi connectivity index (χ4n) is 2.30. The fourth-order valence-corrected chi connectivity index (χ4v) is 2.30. The molecule has 4 heteroatoms. The number of aliphatic hydroxyl groups is 1. The molecule has 0 unspecified atom stereocenters. The number of aliphatic imine (C=N–C) groups is 1. The van der Waals surface area contributed by atoms with Crippen molar-refractivity contribution < 1.29 is 5.11 Å². The minimum atomic E-state index is -0.554. The molecule has 0 bridgehead atoms. The first kappa shape index (κ1) is 10.7. The summed E-state index contributed by atoms with van der Waals surface area (Å²) in [6.07, 6.45) is 7.81. The molecule has 0 spiro atoms. The maximum atomic E-state index is 9.83. The molecule has 0 saturated heterocycles. The molecular weight excluding hydrogens is 190 g/mol. The molecule has 2 fully saturated rings.